The average molecular weight is 631 g/mol. The van der Waals surface area contributed by atoms with Crippen LogP contribution in [0.15, 0.2) is 84.9 Å². The molecule has 1 aromatic heterocycles. The number of fused-ring (bicyclic) bond motifs is 1. The molecule has 1 aliphatic rings. The maximum atomic E-state index is 13.2. The number of hydrogen-bond donors (Lipinski definition) is 2. The summed E-state index contributed by atoms with van der Waals surface area (Å²) in [5, 5.41) is 17.4. The van der Waals surface area contributed by atoms with Crippen LogP contribution < -0.4 is 25.6 Å². The van der Waals surface area contributed by atoms with Gasteiger partial charge in [0.2, 0.25) is 0 Å². The van der Waals surface area contributed by atoms with Gasteiger partial charge in [-0.1, -0.05) is 36.4 Å². The highest BCUT2D eigenvalue weighted by atomic mass is 16.7. The largest absolute Gasteiger partial charge is 0.497 e. The molecule has 0 spiro atoms. The molecule has 1 saturated heterocycles. The van der Waals surface area contributed by atoms with Crippen LogP contribution in [0.2, 0.25) is 0 Å². The lowest BCUT2D eigenvalue weighted by Crippen LogP contribution is -2.41. The second-order valence-electron chi connectivity index (χ2n) is 12.6. The Morgan fingerprint density at radius 3 is 2.21 bits per heavy atom. The van der Waals surface area contributed by atoms with E-state index < -0.39 is 18.3 Å². The first-order valence-electron chi connectivity index (χ1n) is 15.6. The fourth-order valence-electron chi connectivity index (χ4n) is 5.57. The van der Waals surface area contributed by atoms with E-state index in [1.54, 1.807) is 26.4 Å². The summed E-state index contributed by atoms with van der Waals surface area (Å²) in [6.07, 6.45) is 0. The van der Waals surface area contributed by atoms with Crippen LogP contribution in [0.4, 0.5) is 11.5 Å². The predicted molar refractivity (Wildman–Crippen MR) is 187 cm³/mol. The molecule has 9 nitrogen and oxygen atoms in total. The van der Waals surface area contributed by atoms with Crippen molar-refractivity contribution < 1.29 is 23.6 Å². The number of nitrogens with zero attached hydrogens (tertiary/aromatic N) is 2. The minimum absolute atomic E-state index is 0.205. The van der Waals surface area contributed by atoms with Crippen molar-refractivity contribution >= 4 is 40.8 Å². The molecule has 0 radical (unpaired) electrons. The van der Waals surface area contributed by atoms with Crippen molar-refractivity contribution in [1.29, 1.82) is 0 Å². The number of rotatable bonds is 9. The van der Waals surface area contributed by atoms with Gasteiger partial charge in [0.15, 0.2) is 5.82 Å². The van der Waals surface area contributed by atoms with Crippen molar-refractivity contribution in [2.75, 3.05) is 24.9 Å². The summed E-state index contributed by atoms with van der Waals surface area (Å²) < 4.78 is 23.8. The van der Waals surface area contributed by atoms with Gasteiger partial charge in [-0.25, -0.2) is 0 Å². The van der Waals surface area contributed by atoms with Gasteiger partial charge < -0.3 is 29.4 Å². The summed E-state index contributed by atoms with van der Waals surface area (Å²) in [6, 6.07) is 27.0. The first kappa shape index (κ1) is 32.0. The van der Waals surface area contributed by atoms with Gasteiger partial charge in [-0.2, -0.15) is 5.10 Å². The second-order valence-corrected chi connectivity index (χ2v) is 12.6. The van der Waals surface area contributed by atoms with Gasteiger partial charge in [0.05, 0.1) is 31.1 Å². The number of nitrogens with one attached hydrogen (secondary N) is 2. The quantitative estimate of drug-likeness (QED) is 0.172. The molecule has 0 unspecified atom stereocenters. The molecule has 5 aromatic rings. The number of methoxy groups -OCH3 is 2. The fourth-order valence-corrected chi connectivity index (χ4v) is 5.57. The SMILES string of the molecule is COc1ccc(CNc2nnc(C)c3cc(-c4ccc(NC(=O)c5ccccc5)c(B5OC(C)(C)C(C)(C)O5)c4)ccc23)c(OC)c1. The topological polar surface area (TPSA) is 104 Å². The highest BCUT2D eigenvalue weighted by molar-refractivity contribution is 6.64. The van der Waals surface area contributed by atoms with Gasteiger partial charge in [-0.15, -0.1) is 5.10 Å². The summed E-state index contributed by atoms with van der Waals surface area (Å²) >= 11 is 0. The van der Waals surface area contributed by atoms with Crippen LogP contribution in [0.25, 0.3) is 21.9 Å². The Labute approximate surface area is 275 Å². The number of carbonyl (C=O) groups excluding carboxylic acids is 1. The van der Waals surface area contributed by atoms with Crippen molar-refractivity contribution in [3.63, 3.8) is 0 Å². The van der Waals surface area contributed by atoms with Gasteiger partial charge in [-0.05, 0) is 88.2 Å². The molecule has 6 rings (SSSR count). The third kappa shape index (κ3) is 6.39. The van der Waals surface area contributed by atoms with Crippen LogP contribution in [0.3, 0.4) is 0 Å². The lowest BCUT2D eigenvalue weighted by atomic mass is 9.76. The standard InChI is InChI=1S/C37H39BN4O5/c1-23-30-19-25(14-17-29(30)34(42-41-23)39-22-27-13-16-28(44-6)21-33(27)45-7)26-15-18-32(40-35(43)24-11-9-8-10-12-24)31(20-26)38-46-36(2,3)37(4,5)47-38/h8-21H,22H2,1-7H3,(H,39,42)(H,40,43). The third-order valence-electron chi connectivity index (χ3n) is 9.08. The van der Waals surface area contributed by atoms with E-state index >= 15 is 0 Å². The van der Waals surface area contributed by atoms with Gasteiger partial charge >= 0.3 is 7.12 Å². The molecule has 0 saturated carbocycles. The van der Waals surface area contributed by atoms with Crippen LogP contribution in [-0.2, 0) is 15.9 Å². The van der Waals surface area contributed by atoms with Crippen LogP contribution >= 0.6 is 0 Å². The number of benzene rings is 4. The number of aromatic nitrogens is 2. The Morgan fingerprint density at radius 2 is 1.51 bits per heavy atom. The van der Waals surface area contributed by atoms with Gasteiger partial charge in [-0.3, -0.25) is 4.79 Å². The zero-order valence-corrected chi connectivity index (χ0v) is 27.8. The van der Waals surface area contributed by atoms with E-state index in [1.807, 2.05) is 89.2 Å². The molecule has 0 aliphatic carbocycles. The second kappa shape index (κ2) is 12.7. The minimum atomic E-state index is -0.676. The molecule has 1 aliphatic heterocycles. The number of amides is 1. The molecular weight excluding hydrogens is 591 g/mol. The van der Waals surface area contributed by atoms with Crippen LogP contribution in [-0.4, -0.2) is 48.6 Å². The molecule has 2 N–H and O–H groups in total. The first-order chi connectivity index (χ1) is 22.5. The third-order valence-corrected chi connectivity index (χ3v) is 9.08. The number of aryl methyl sites for hydroxylation is 1. The number of ether oxygens (including phenoxy) is 2. The normalized spacial score (nSPS) is 15.0. The molecule has 0 atom stereocenters. The van der Waals surface area contributed by atoms with Crippen molar-refractivity contribution in [3.05, 3.63) is 102 Å². The first-order valence-corrected chi connectivity index (χ1v) is 15.6. The van der Waals surface area contributed by atoms with Gasteiger partial charge in [0.1, 0.15) is 11.5 Å². The highest BCUT2D eigenvalue weighted by Crippen LogP contribution is 2.38. The Balaban J connectivity index is 1.34. The Morgan fingerprint density at radius 1 is 0.809 bits per heavy atom. The fraction of sp³-hybridized carbons (Fsp3) is 0.270. The highest BCUT2D eigenvalue weighted by Gasteiger charge is 2.52. The molecule has 47 heavy (non-hydrogen) atoms. The Kier molecular flexibility index (Phi) is 8.65. The van der Waals surface area contributed by atoms with Gasteiger partial charge in [0, 0.05) is 45.7 Å². The van der Waals surface area contributed by atoms with E-state index in [1.165, 1.54) is 0 Å². The van der Waals surface area contributed by atoms with Crippen LogP contribution in [0.5, 0.6) is 11.5 Å². The van der Waals surface area contributed by atoms with Crippen molar-refractivity contribution in [2.45, 2.75) is 52.4 Å². The lowest BCUT2D eigenvalue weighted by Gasteiger charge is -2.32. The van der Waals surface area contributed by atoms with E-state index in [0.29, 0.717) is 23.6 Å². The Hall–Kier alpha value is -4.93. The summed E-state index contributed by atoms with van der Waals surface area (Å²) in [4.78, 5) is 13.2. The number of hydrogen-bond acceptors (Lipinski definition) is 8. The van der Waals surface area contributed by atoms with Crippen molar-refractivity contribution in [1.82, 2.24) is 10.2 Å². The summed E-state index contributed by atoms with van der Waals surface area (Å²) in [6.45, 7) is 10.5. The zero-order valence-electron chi connectivity index (χ0n) is 27.8. The van der Waals surface area contributed by atoms with E-state index in [2.05, 4.69) is 39.0 Å². The molecule has 1 fully saturated rings. The summed E-state index contributed by atoms with van der Waals surface area (Å²) in [7, 11) is 2.60. The summed E-state index contributed by atoms with van der Waals surface area (Å²) in [5.41, 5.74) is 4.55. The van der Waals surface area contributed by atoms with Crippen LogP contribution in [0, 0.1) is 6.92 Å². The molecule has 2 heterocycles. The van der Waals surface area contributed by atoms with E-state index in [-0.39, 0.29) is 5.91 Å². The molecule has 240 valence electrons. The monoisotopic (exact) mass is 630 g/mol. The smallest absolute Gasteiger partial charge is 0.497 e. The maximum Gasteiger partial charge on any atom is 0.497 e. The maximum absolute atomic E-state index is 13.2. The van der Waals surface area contributed by atoms with E-state index in [9.17, 15) is 4.79 Å². The zero-order chi connectivity index (χ0) is 33.3. The Bertz CT molecular complexity index is 1930. The molecule has 0 bridgehead atoms. The number of anilines is 2. The molecular formula is C37H39BN4O5. The van der Waals surface area contributed by atoms with Gasteiger partial charge in [0.25, 0.3) is 5.91 Å². The van der Waals surface area contributed by atoms with Crippen molar-refractivity contribution in [2.24, 2.45) is 0 Å². The molecule has 1 amide bonds. The predicted octanol–water partition coefficient (Wildman–Crippen LogP) is 6.79. The molecule has 10 heteroatoms. The lowest BCUT2D eigenvalue weighted by molar-refractivity contribution is 0.00578. The van der Waals surface area contributed by atoms with E-state index in [4.69, 9.17) is 18.8 Å². The molecule has 4 aromatic carbocycles. The number of carbonyl (C=O) groups is 1. The summed E-state index contributed by atoms with van der Waals surface area (Å²) in [5.74, 6) is 1.92. The average Bonchev–Trinajstić information content (AvgIpc) is 3.30. The van der Waals surface area contributed by atoms with Crippen LogP contribution in [0.1, 0.15) is 49.3 Å². The van der Waals surface area contributed by atoms with Crippen molar-refractivity contribution in [3.8, 4) is 22.6 Å². The van der Waals surface area contributed by atoms with E-state index in [0.717, 1.165) is 50.1 Å². The minimum Gasteiger partial charge on any atom is -0.497 e.